The monoisotopic (exact) mass is 416 g/mol. The van der Waals surface area contributed by atoms with Crippen LogP contribution in [0.1, 0.15) is 5.76 Å². The predicted molar refractivity (Wildman–Crippen MR) is 106 cm³/mol. The lowest BCUT2D eigenvalue weighted by Gasteiger charge is -2.19. The minimum Gasteiger partial charge on any atom is -0.484 e. The van der Waals surface area contributed by atoms with Crippen molar-refractivity contribution in [2.45, 2.75) is 6.54 Å². The Kier molecular flexibility index (Phi) is 5.27. The molecule has 1 amide bonds. The molecular formula is C20H14ClFN2O3S. The highest BCUT2D eigenvalue weighted by Crippen LogP contribution is 2.30. The molecule has 0 fully saturated rings. The number of ether oxygens (including phenoxy) is 1. The number of rotatable bonds is 6. The molecule has 0 aliphatic rings. The van der Waals surface area contributed by atoms with Crippen molar-refractivity contribution in [3.63, 3.8) is 0 Å². The van der Waals surface area contributed by atoms with E-state index in [1.54, 1.807) is 42.5 Å². The summed E-state index contributed by atoms with van der Waals surface area (Å²) in [6, 6.07) is 14.6. The van der Waals surface area contributed by atoms with Gasteiger partial charge in [0.2, 0.25) is 0 Å². The van der Waals surface area contributed by atoms with Gasteiger partial charge in [-0.15, -0.1) is 0 Å². The van der Waals surface area contributed by atoms with Crippen molar-refractivity contribution in [3.8, 4) is 5.75 Å². The number of aromatic nitrogens is 1. The highest BCUT2D eigenvalue weighted by molar-refractivity contribution is 7.22. The fourth-order valence-corrected chi connectivity index (χ4v) is 3.71. The third-order valence-corrected chi connectivity index (χ3v) is 5.23. The van der Waals surface area contributed by atoms with Gasteiger partial charge in [0.25, 0.3) is 5.91 Å². The topological polar surface area (TPSA) is 55.6 Å². The molecule has 2 aromatic carbocycles. The molecule has 0 atom stereocenters. The van der Waals surface area contributed by atoms with Crippen LogP contribution in [0, 0.1) is 5.82 Å². The van der Waals surface area contributed by atoms with Crippen molar-refractivity contribution >= 4 is 44.2 Å². The molecule has 4 rings (SSSR count). The zero-order valence-corrected chi connectivity index (χ0v) is 16.0. The van der Waals surface area contributed by atoms with Crippen LogP contribution in [0.2, 0.25) is 5.02 Å². The molecule has 0 aliphatic heterocycles. The minimum atomic E-state index is -0.349. The van der Waals surface area contributed by atoms with Gasteiger partial charge in [-0.05, 0) is 54.6 Å². The van der Waals surface area contributed by atoms with Gasteiger partial charge in [-0.2, -0.15) is 0 Å². The van der Waals surface area contributed by atoms with Gasteiger partial charge >= 0.3 is 0 Å². The van der Waals surface area contributed by atoms with Crippen LogP contribution in [0.4, 0.5) is 9.52 Å². The predicted octanol–water partition coefficient (Wildman–Crippen LogP) is 5.29. The Morgan fingerprint density at radius 1 is 1.21 bits per heavy atom. The number of hydrogen-bond acceptors (Lipinski definition) is 5. The van der Waals surface area contributed by atoms with E-state index >= 15 is 0 Å². The fourth-order valence-electron chi connectivity index (χ4n) is 2.58. The number of fused-ring (bicyclic) bond motifs is 1. The zero-order valence-electron chi connectivity index (χ0n) is 14.5. The van der Waals surface area contributed by atoms with Crippen molar-refractivity contribution < 1.29 is 18.3 Å². The summed E-state index contributed by atoms with van der Waals surface area (Å²) in [6.45, 7) is 0.00470. The highest BCUT2D eigenvalue weighted by atomic mass is 35.5. The molecule has 0 spiro atoms. The first kappa shape index (κ1) is 18.5. The lowest BCUT2D eigenvalue weighted by molar-refractivity contribution is -0.120. The molecule has 0 unspecified atom stereocenters. The first-order valence-electron chi connectivity index (χ1n) is 8.36. The summed E-state index contributed by atoms with van der Waals surface area (Å²) in [5.74, 6) is 0.482. The second kappa shape index (κ2) is 8.00. The highest BCUT2D eigenvalue weighted by Gasteiger charge is 2.22. The van der Waals surface area contributed by atoms with Crippen LogP contribution >= 0.6 is 22.9 Å². The lowest BCUT2D eigenvalue weighted by Crippen LogP contribution is -2.34. The largest absolute Gasteiger partial charge is 0.484 e. The van der Waals surface area contributed by atoms with Gasteiger partial charge in [-0.25, -0.2) is 9.37 Å². The molecule has 0 aliphatic carbocycles. The minimum absolute atomic E-state index is 0.188. The van der Waals surface area contributed by atoms with Gasteiger partial charge in [0.1, 0.15) is 17.3 Å². The van der Waals surface area contributed by atoms with Crippen LogP contribution < -0.4 is 9.64 Å². The van der Waals surface area contributed by atoms with Gasteiger partial charge in [0.05, 0.1) is 23.0 Å². The molecule has 2 heterocycles. The lowest BCUT2D eigenvalue weighted by atomic mass is 10.3. The van der Waals surface area contributed by atoms with Gasteiger partial charge in [0, 0.05) is 5.02 Å². The van der Waals surface area contributed by atoms with Gasteiger partial charge in [0.15, 0.2) is 11.7 Å². The average Bonchev–Trinajstić information content (AvgIpc) is 3.34. The van der Waals surface area contributed by atoms with E-state index in [4.69, 9.17) is 20.8 Å². The summed E-state index contributed by atoms with van der Waals surface area (Å²) in [5.41, 5.74) is 0.622. The molecule has 4 aromatic rings. The van der Waals surface area contributed by atoms with Crippen LogP contribution in [0.15, 0.2) is 65.3 Å². The maximum Gasteiger partial charge on any atom is 0.267 e. The van der Waals surface area contributed by atoms with Gasteiger partial charge in [-0.1, -0.05) is 22.9 Å². The molecule has 28 heavy (non-hydrogen) atoms. The molecular weight excluding hydrogens is 403 g/mol. The molecule has 0 bridgehead atoms. The van der Waals surface area contributed by atoms with E-state index in [2.05, 4.69) is 4.98 Å². The van der Waals surface area contributed by atoms with Crippen molar-refractivity contribution in [1.82, 2.24) is 4.98 Å². The van der Waals surface area contributed by atoms with E-state index in [-0.39, 0.29) is 24.9 Å². The molecule has 0 saturated heterocycles. The molecule has 0 N–H and O–H groups in total. The maximum atomic E-state index is 13.5. The third kappa shape index (κ3) is 4.16. The number of thiazole rings is 1. The summed E-state index contributed by atoms with van der Waals surface area (Å²) in [5, 5.41) is 1.03. The molecule has 8 heteroatoms. The van der Waals surface area contributed by atoms with E-state index < -0.39 is 0 Å². The summed E-state index contributed by atoms with van der Waals surface area (Å²) < 4.78 is 25.1. The SMILES string of the molecule is O=C(COc1ccc(Cl)cc1)N(Cc1ccco1)c1nc2ccc(F)cc2s1. The number of hydrogen-bond donors (Lipinski definition) is 0. The second-order valence-corrected chi connectivity index (χ2v) is 7.36. The molecule has 0 radical (unpaired) electrons. The van der Waals surface area contributed by atoms with E-state index in [0.29, 0.717) is 31.9 Å². The van der Waals surface area contributed by atoms with E-state index in [0.717, 1.165) is 0 Å². The quantitative estimate of drug-likeness (QED) is 0.428. The number of carbonyl (C=O) groups excluding carboxylic acids is 1. The molecule has 142 valence electrons. The first-order chi connectivity index (χ1) is 13.6. The smallest absolute Gasteiger partial charge is 0.267 e. The van der Waals surface area contributed by atoms with E-state index in [1.807, 2.05) is 0 Å². The number of halogens is 2. The van der Waals surface area contributed by atoms with Crippen LogP contribution in [-0.4, -0.2) is 17.5 Å². The van der Waals surface area contributed by atoms with Crippen molar-refractivity contribution in [2.24, 2.45) is 0 Å². The van der Waals surface area contributed by atoms with Crippen LogP contribution in [0.5, 0.6) is 5.75 Å². The normalized spacial score (nSPS) is 10.9. The Bertz CT molecular complexity index is 1100. The Morgan fingerprint density at radius 3 is 2.79 bits per heavy atom. The number of furan rings is 1. The van der Waals surface area contributed by atoms with Crippen LogP contribution in [0.25, 0.3) is 10.2 Å². The van der Waals surface area contributed by atoms with Crippen molar-refractivity contribution in [2.75, 3.05) is 11.5 Å². The Labute approximate surface area is 168 Å². The summed E-state index contributed by atoms with van der Waals surface area (Å²) >= 11 is 7.09. The number of nitrogens with zero attached hydrogens (tertiary/aromatic N) is 2. The Hall–Kier alpha value is -2.90. The molecule has 2 aromatic heterocycles. The summed E-state index contributed by atoms with van der Waals surface area (Å²) in [6.07, 6.45) is 1.54. The third-order valence-electron chi connectivity index (χ3n) is 3.94. The number of carbonyl (C=O) groups is 1. The molecule has 5 nitrogen and oxygen atoms in total. The maximum absolute atomic E-state index is 13.5. The van der Waals surface area contributed by atoms with Gasteiger partial charge in [-0.3, -0.25) is 9.69 Å². The second-order valence-electron chi connectivity index (χ2n) is 5.91. The van der Waals surface area contributed by atoms with Crippen molar-refractivity contribution in [1.29, 1.82) is 0 Å². The van der Waals surface area contributed by atoms with Crippen molar-refractivity contribution in [3.05, 3.63) is 77.5 Å². The average molecular weight is 417 g/mol. The standard InChI is InChI=1S/C20H14ClFN2O3S/c21-13-3-6-15(7-4-13)27-12-19(25)24(11-16-2-1-9-26-16)20-23-17-8-5-14(22)10-18(17)28-20/h1-10H,11-12H2. The van der Waals surface area contributed by atoms with Crippen LogP contribution in [-0.2, 0) is 11.3 Å². The number of anilines is 1. The number of amides is 1. The molecule has 0 saturated carbocycles. The first-order valence-corrected chi connectivity index (χ1v) is 9.55. The van der Waals surface area contributed by atoms with E-state index in [1.165, 1.54) is 34.6 Å². The van der Waals surface area contributed by atoms with E-state index in [9.17, 15) is 9.18 Å². The summed E-state index contributed by atoms with van der Waals surface area (Å²) in [4.78, 5) is 18.8. The zero-order chi connectivity index (χ0) is 19.5. The van der Waals surface area contributed by atoms with Gasteiger partial charge < -0.3 is 9.15 Å². The summed E-state index contributed by atoms with van der Waals surface area (Å²) in [7, 11) is 0. The Balaban J connectivity index is 1.58. The fraction of sp³-hybridized carbons (Fsp3) is 0.100. The Morgan fingerprint density at radius 2 is 2.04 bits per heavy atom. The number of benzene rings is 2. The van der Waals surface area contributed by atoms with Crippen LogP contribution in [0.3, 0.4) is 0 Å².